The molecule has 0 spiro atoms. The molecule has 1 heterocycles. The molecular formula is C29H41Cl2F3N2O2S. The molecule has 1 aliphatic carbocycles. The summed E-state index contributed by atoms with van der Waals surface area (Å²) < 4.78 is 46.6. The molecule has 2 aromatic rings. The Morgan fingerprint density at radius 1 is 1.03 bits per heavy atom. The first kappa shape index (κ1) is 35.4. The number of hydrogen-bond acceptors (Lipinski definition) is 4. The second-order valence-electron chi connectivity index (χ2n) is 8.66. The number of rotatable bonds is 8. The lowest BCUT2D eigenvalue weighted by Crippen LogP contribution is -2.30. The lowest BCUT2D eigenvalue weighted by atomic mass is 9.99. The molecule has 4 nitrogen and oxygen atoms in total. The van der Waals surface area contributed by atoms with E-state index >= 15 is 0 Å². The maximum absolute atomic E-state index is 14.3. The van der Waals surface area contributed by atoms with Crippen LogP contribution in [0.3, 0.4) is 0 Å². The van der Waals surface area contributed by atoms with Crippen LogP contribution in [0.15, 0.2) is 30.3 Å². The van der Waals surface area contributed by atoms with E-state index in [1.807, 2.05) is 27.7 Å². The highest BCUT2D eigenvalue weighted by atomic mass is 35.5. The Labute approximate surface area is 245 Å². The van der Waals surface area contributed by atoms with Crippen molar-refractivity contribution in [2.75, 3.05) is 26.0 Å². The van der Waals surface area contributed by atoms with Gasteiger partial charge in [0.05, 0.1) is 12.2 Å². The maximum atomic E-state index is 14.3. The summed E-state index contributed by atoms with van der Waals surface area (Å²) in [5, 5.41) is 4.11. The number of amides is 1. The van der Waals surface area contributed by atoms with Gasteiger partial charge < -0.3 is 10.1 Å². The largest absolute Gasteiger partial charge is 0.493 e. The number of halogens is 5. The minimum Gasteiger partial charge on any atom is -0.493 e. The van der Waals surface area contributed by atoms with E-state index in [1.165, 1.54) is 36.2 Å². The highest BCUT2D eigenvalue weighted by Crippen LogP contribution is 2.45. The zero-order valence-corrected chi connectivity index (χ0v) is 25.7. The number of carbonyl (C=O) groups excluding carboxylic acids is 1. The molecule has 0 unspecified atom stereocenters. The van der Waals surface area contributed by atoms with E-state index in [4.69, 9.17) is 27.9 Å². The van der Waals surface area contributed by atoms with E-state index in [1.54, 1.807) is 12.3 Å². The molecule has 1 saturated carbocycles. The number of ether oxygens (including phenoxy) is 1. The topological polar surface area (TPSA) is 50.4 Å². The standard InChI is InChI=1S/C17H23FN2O2S.C8H6Cl2F2.2C2H6/c1-23-20-17(21)14-8-13(12-2-3-12)16(9-15(14)18)22-10-11-4-6-19-7-5-11;9-6-1-5(3-8(11)12)2-7(10)4-6;2*1-2/h8-9,11-12,19H,2-7,10H2,1H3,(H,20,21);1-2,4,8H,3H2;2*1-2H3. The van der Waals surface area contributed by atoms with Gasteiger partial charge in [-0.1, -0.05) is 62.8 Å². The van der Waals surface area contributed by atoms with Crippen molar-refractivity contribution in [2.45, 2.75) is 72.1 Å². The number of hydrogen-bond donors (Lipinski definition) is 2. The molecule has 0 atom stereocenters. The van der Waals surface area contributed by atoms with Crippen LogP contribution in [-0.4, -0.2) is 38.3 Å². The fourth-order valence-corrected chi connectivity index (χ4v) is 4.76. The van der Waals surface area contributed by atoms with Crippen LogP contribution in [0.1, 0.15) is 80.8 Å². The predicted octanol–water partition coefficient (Wildman–Crippen LogP) is 8.94. The second kappa shape index (κ2) is 19.5. The smallest absolute Gasteiger partial charge is 0.264 e. The Morgan fingerprint density at radius 2 is 1.62 bits per heavy atom. The molecule has 2 N–H and O–H groups in total. The van der Waals surface area contributed by atoms with Crippen molar-refractivity contribution >= 4 is 41.1 Å². The van der Waals surface area contributed by atoms with Crippen molar-refractivity contribution < 1.29 is 22.7 Å². The zero-order valence-electron chi connectivity index (χ0n) is 23.4. The highest BCUT2D eigenvalue weighted by molar-refractivity contribution is 7.97. The average molecular weight is 610 g/mol. The van der Waals surface area contributed by atoms with Gasteiger partial charge in [-0.05, 0) is 86.0 Å². The summed E-state index contributed by atoms with van der Waals surface area (Å²) in [6, 6.07) is 7.55. The van der Waals surface area contributed by atoms with Gasteiger partial charge in [-0.15, -0.1) is 0 Å². The minimum absolute atomic E-state index is 0.107. The molecule has 1 aliphatic heterocycles. The molecular weight excluding hydrogens is 568 g/mol. The molecule has 4 rings (SSSR count). The lowest BCUT2D eigenvalue weighted by molar-refractivity contribution is 0.0980. The monoisotopic (exact) mass is 608 g/mol. The summed E-state index contributed by atoms with van der Waals surface area (Å²) in [5.41, 5.74) is 1.55. The molecule has 220 valence electrons. The van der Waals surface area contributed by atoms with Crippen molar-refractivity contribution in [3.05, 3.63) is 62.9 Å². The zero-order chi connectivity index (χ0) is 29.4. The Bertz CT molecular complexity index is 984. The van der Waals surface area contributed by atoms with Gasteiger partial charge in [-0.25, -0.2) is 13.2 Å². The molecule has 0 radical (unpaired) electrons. The molecule has 2 fully saturated rings. The third kappa shape index (κ3) is 13.1. The van der Waals surface area contributed by atoms with E-state index in [0.717, 1.165) is 44.3 Å². The lowest BCUT2D eigenvalue weighted by Gasteiger charge is -2.23. The number of piperidine rings is 1. The minimum atomic E-state index is -2.36. The first-order chi connectivity index (χ1) is 18.8. The van der Waals surface area contributed by atoms with Crippen LogP contribution < -0.4 is 14.8 Å². The van der Waals surface area contributed by atoms with Gasteiger partial charge in [0.15, 0.2) is 0 Å². The van der Waals surface area contributed by atoms with Gasteiger partial charge >= 0.3 is 0 Å². The fourth-order valence-electron chi connectivity index (χ4n) is 3.89. The number of alkyl halides is 2. The second-order valence-corrected chi connectivity index (χ2v) is 10.1. The summed E-state index contributed by atoms with van der Waals surface area (Å²) in [5.74, 6) is 0.637. The third-order valence-electron chi connectivity index (χ3n) is 5.80. The molecule has 1 amide bonds. The fraction of sp³-hybridized carbons (Fsp3) is 0.552. The van der Waals surface area contributed by atoms with Crippen molar-refractivity contribution in [3.63, 3.8) is 0 Å². The first-order valence-electron chi connectivity index (χ1n) is 13.5. The van der Waals surface area contributed by atoms with Gasteiger partial charge in [-0.2, -0.15) is 0 Å². The molecule has 0 bridgehead atoms. The average Bonchev–Trinajstić information content (AvgIpc) is 3.75. The SMILES string of the molecule is CC.CC.CSNC(=O)c1cc(C2CC2)c(OCC2CCNCC2)cc1F.FC(F)Cc1cc(Cl)cc(Cl)c1. The Kier molecular flexibility index (Phi) is 17.7. The van der Waals surface area contributed by atoms with E-state index in [9.17, 15) is 18.0 Å². The Hall–Kier alpha value is -1.61. The predicted molar refractivity (Wildman–Crippen MR) is 159 cm³/mol. The van der Waals surface area contributed by atoms with Crippen LogP contribution in [0.4, 0.5) is 13.2 Å². The summed E-state index contributed by atoms with van der Waals surface area (Å²) in [6.45, 7) is 10.7. The van der Waals surface area contributed by atoms with Crippen LogP contribution in [0.5, 0.6) is 5.75 Å². The first-order valence-corrected chi connectivity index (χ1v) is 15.5. The van der Waals surface area contributed by atoms with Crippen LogP contribution in [0, 0.1) is 11.7 Å². The van der Waals surface area contributed by atoms with E-state index in [-0.39, 0.29) is 17.9 Å². The molecule has 1 saturated heterocycles. The Balaban J connectivity index is 0.000000402. The third-order valence-corrected chi connectivity index (χ3v) is 6.63. The molecule has 2 aromatic carbocycles. The van der Waals surface area contributed by atoms with Gasteiger partial charge in [0, 0.05) is 28.8 Å². The van der Waals surface area contributed by atoms with Crippen molar-refractivity contribution in [3.8, 4) is 5.75 Å². The molecule has 0 aromatic heterocycles. The maximum Gasteiger partial charge on any atom is 0.264 e. The van der Waals surface area contributed by atoms with Crippen LogP contribution in [0.2, 0.25) is 10.0 Å². The number of nitrogens with one attached hydrogen (secondary N) is 2. The van der Waals surface area contributed by atoms with Crippen LogP contribution in [0.25, 0.3) is 0 Å². The van der Waals surface area contributed by atoms with Gasteiger partial charge in [0.1, 0.15) is 11.6 Å². The van der Waals surface area contributed by atoms with Gasteiger partial charge in [-0.3, -0.25) is 9.52 Å². The number of benzene rings is 2. The van der Waals surface area contributed by atoms with E-state index in [2.05, 4.69) is 10.0 Å². The summed E-state index contributed by atoms with van der Waals surface area (Å²) in [6.07, 6.45) is 3.43. The Morgan fingerprint density at radius 3 is 2.13 bits per heavy atom. The molecule has 10 heteroatoms. The van der Waals surface area contributed by atoms with Crippen LogP contribution in [-0.2, 0) is 6.42 Å². The summed E-state index contributed by atoms with van der Waals surface area (Å²) >= 11 is 12.4. The van der Waals surface area contributed by atoms with Crippen molar-refractivity contribution in [1.82, 2.24) is 10.0 Å². The van der Waals surface area contributed by atoms with Crippen molar-refractivity contribution in [2.24, 2.45) is 5.92 Å². The molecule has 2 aliphatic rings. The van der Waals surface area contributed by atoms with E-state index in [0.29, 0.717) is 39.8 Å². The van der Waals surface area contributed by atoms with E-state index < -0.39 is 12.2 Å². The normalized spacial score (nSPS) is 14.6. The summed E-state index contributed by atoms with van der Waals surface area (Å²) in [7, 11) is 0. The quantitative estimate of drug-likeness (QED) is 0.294. The van der Waals surface area contributed by atoms with Crippen LogP contribution >= 0.6 is 35.1 Å². The van der Waals surface area contributed by atoms with Crippen molar-refractivity contribution in [1.29, 1.82) is 0 Å². The highest BCUT2D eigenvalue weighted by Gasteiger charge is 2.29. The summed E-state index contributed by atoms with van der Waals surface area (Å²) in [4.78, 5) is 12.0. The number of carbonyl (C=O) groups is 1. The van der Waals surface area contributed by atoms with Gasteiger partial charge in [0.25, 0.3) is 5.91 Å². The molecule has 39 heavy (non-hydrogen) atoms. The van der Waals surface area contributed by atoms with Gasteiger partial charge in [0.2, 0.25) is 6.43 Å².